The van der Waals surface area contributed by atoms with E-state index in [9.17, 15) is 4.79 Å². The molecule has 0 rings (SSSR count). The topological polar surface area (TPSA) is 59.9 Å². The summed E-state index contributed by atoms with van der Waals surface area (Å²) in [5.74, 6) is 0.295. The van der Waals surface area contributed by atoms with Crippen molar-refractivity contribution in [2.75, 3.05) is 14.2 Å². The van der Waals surface area contributed by atoms with Gasteiger partial charge in [-0.05, 0) is 5.16 Å². The lowest BCUT2D eigenvalue weighted by Gasteiger charge is -1.96. The molecule has 0 aromatic rings. The van der Waals surface area contributed by atoms with Crippen LogP contribution in [0.1, 0.15) is 6.92 Å². The number of nitrogens with zero attached hydrogens (tertiary/aromatic N) is 1. The van der Waals surface area contributed by atoms with Gasteiger partial charge in [0.25, 0.3) is 0 Å². The molecular weight excluding hydrogens is 136 g/mol. The molecule has 58 valence electrons. The molecule has 0 spiro atoms. The Morgan fingerprint density at radius 1 is 1.60 bits per heavy atom. The number of hydrogen-bond acceptors (Lipinski definition) is 4. The van der Waals surface area contributed by atoms with Crippen LogP contribution >= 0.6 is 0 Å². The van der Waals surface area contributed by atoms with Crippen LogP contribution in [-0.4, -0.2) is 26.1 Å². The van der Waals surface area contributed by atoms with Crippen molar-refractivity contribution < 1.29 is 14.4 Å². The number of carbonyl (C=O) groups excluding carboxylic acids is 1. The molecule has 0 aromatic carbocycles. The van der Waals surface area contributed by atoms with Gasteiger partial charge in [-0.15, -0.1) is 0 Å². The van der Waals surface area contributed by atoms with E-state index in [0.717, 1.165) is 0 Å². The highest BCUT2D eigenvalue weighted by atomic mass is 16.7. The average Bonchev–Trinajstić information content (AvgIpc) is 1.99. The number of nitrogens with one attached hydrogen (secondary N) is 1. The molecule has 0 unspecified atom stereocenters. The third-order valence-corrected chi connectivity index (χ3v) is 0.757. The van der Waals surface area contributed by atoms with E-state index in [1.165, 1.54) is 14.2 Å². The molecule has 0 aliphatic rings. The molecule has 1 N–H and O–H groups in total. The van der Waals surface area contributed by atoms with Crippen LogP contribution in [0.4, 0.5) is 4.79 Å². The minimum Gasteiger partial charge on any atom is -0.482 e. The Kier molecular flexibility index (Phi) is 4.02. The maximum Gasteiger partial charge on any atom is 0.433 e. The van der Waals surface area contributed by atoms with Crippen molar-refractivity contribution in [3.63, 3.8) is 0 Å². The predicted molar refractivity (Wildman–Crippen MR) is 35.7 cm³/mol. The third kappa shape index (κ3) is 3.71. The highest BCUT2D eigenvalue weighted by Crippen LogP contribution is 1.81. The molecule has 0 radical (unpaired) electrons. The highest BCUT2D eigenvalue weighted by molar-refractivity contribution is 5.74. The lowest BCUT2D eigenvalue weighted by Crippen LogP contribution is -2.17. The van der Waals surface area contributed by atoms with Crippen molar-refractivity contribution in [3.05, 3.63) is 0 Å². The van der Waals surface area contributed by atoms with Crippen LogP contribution in [0.3, 0.4) is 0 Å². The molecule has 0 heterocycles. The normalized spacial score (nSPS) is 10.5. The fourth-order valence-electron chi connectivity index (χ4n) is 0.189. The summed E-state index contributed by atoms with van der Waals surface area (Å²) in [5.41, 5.74) is 0. The molecule has 5 heteroatoms. The van der Waals surface area contributed by atoms with Crippen molar-refractivity contribution in [2.45, 2.75) is 6.92 Å². The van der Waals surface area contributed by atoms with Crippen molar-refractivity contribution in [3.8, 4) is 0 Å². The zero-order chi connectivity index (χ0) is 7.98. The van der Waals surface area contributed by atoms with E-state index in [1.807, 2.05) is 0 Å². The van der Waals surface area contributed by atoms with Gasteiger partial charge >= 0.3 is 6.09 Å². The zero-order valence-corrected chi connectivity index (χ0v) is 6.17. The van der Waals surface area contributed by atoms with E-state index in [-0.39, 0.29) is 0 Å². The number of ether oxygens (including phenoxy) is 1. The van der Waals surface area contributed by atoms with E-state index in [1.54, 1.807) is 6.92 Å². The molecule has 5 nitrogen and oxygen atoms in total. The number of carbonyl (C=O) groups is 1. The highest BCUT2D eigenvalue weighted by Gasteiger charge is 1.95. The van der Waals surface area contributed by atoms with Crippen molar-refractivity contribution in [1.82, 2.24) is 5.32 Å². The molecule has 10 heavy (non-hydrogen) atoms. The summed E-state index contributed by atoms with van der Waals surface area (Å²) in [6.45, 7) is 1.57. The molecular formula is C5H10N2O3. The first-order valence-corrected chi connectivity index (χ1v) is 2.68. The van der Waals surface area contributed by atoms with Crippen LogP contribution in [0, 0.1) is 0 Å². The Morgan fingerprint density at radius 3 is 2.60 bits per heavy atom. The largest absolute Gasteiger partial charge is 0.482 e. The van der Waals surface area contributed by atoms with Crippen LogP contribution in [0.25, 0.3) is 0 Å². The van der Waals surface area contributed by atoms with Crippen LogP contribution in [0.2, 0.25) is 0 Å². The lowest BCUT2D eigenvalue weighted by molar-refractivity contribution is 0.148. The molecule has 0 fully saturated rings. The van der Waals surface area contributed by atoms with E-state index >= 15 is 0 Å². The molecule has 0 bridgehead atoms. The molecule has 1 amide bonds. The van der Waals surface area contributed by atoms with Gasteiger partial charge in [0.1, 0.15) is 0 Å². The number of rotatable bonds is 1. The van der Waals surface area contributed by atoms with Crippen molar-refractivity contribution >= 4 is 12.0 Å². The molecule has 0 aliphatic carbocycles. The zero-order valence-electron chi connectivity index (χ0n) is 6.17. The van der Waals surface area contributed by atoms with Crippen LogP contribution in [0.15, 0.2) is 5.16 Å². The standard InChI is InChI=1S/C5H10N2O3/c1-4(9-3)7-10-5(8)6-2/h1-3H3,(H,6,8). The Morgan fingerprint density at radius 2 is 2.20 bits per heavy atom. The van der Waals surface area contributed by atoms with Crippen LogP contribution in [-0.2, 0) is 9.57 Å². The van der Waals surface area contributed by atoms with Gasteiger partial charge in [-0.25, -0.2) is 4.79 Å². The van der Waals surface area contributed by atoms with Gasteiger partial charge in [-0.1, -0.05) is 0 Å². The van der Waals surface area contributed by atoms with E-state index < -0.39 is 6.09 Å². The Hall–Kier alpha value is -1.26. The summed E-state index contributed by atoms with van der Waals surface area (Å²) in [7, 11) is 2.88. The van der Waals surface area contributed by atoms with E-state index in [2.05, 4.69) is 20.0 Å². The predicted octanol–water partition coefficient (Wildman–Crippen LogP) is 0.322. The fourth-order valence-corrected chi connectivity index (χ4v) is 0.189. The van der Waals surface area contributed by atoms with Gasteiger partial charge in [-0.2, -0.15) is 0 Å². The average molecular weight is 146 g/mol. The summed E-state index contributed by atoms with van der Waals surface area (Å²) in [4.78, 5) is 14.6. The Balaban J connectivity index is 3.61. The summed E-state index contributed by atoms with van der Waals surface area (Å²) in [6, 6.07) is 0. The second-order valence-electron chi connectivity index (χ2n) is 1.44. The molecule has 0 aromatic heterocycles. The first-order chi connectivity index (χ1) is 4.70. The van der Waals surface area contributed by atoms with Gasteiger partial charge in [0, 0.05) is 14.0 Å². The summed E-state index contributed by atoms with van der Waals surface area (Å²) < 4.78 is 4.59. The summed E-state index contributed by atoms with van der Waals surface area (Å²) >= 11 is 0. The second kappa shape index (κ2) is 4.60. The van der Waals surface area contributed by atoms with Crippen molar-refractivity contribution in [2.24, 2.45) is 5.16 Å². The van der Waals surface area contributed by atoms with Gasteiger partial charge in [0.05, 0.1) is 7.11 Å². The minimum absolute atomic E-state index is 0.295. The van der Waals surface area contributed by atoms with Gasteiger partial charge in [-0.3, -0.25) is 4.84 Å². The Bertz CT molecular complexity index is 144. The van der Waals surface area contributed by atoms with Crippen molar-refractivity contribution in [1.29, 1.82) is 0 Å². The number of hydrogen-bond donors (Lipinski definition) is 1. The second-order valence-corrected chi connectivity index (χ2v) is 1.44. The quantitative estimate of drug-likeness (QED) is 0.251. The molecule has 0 saturated carbocycles. The Labute approximate surface area is 59.0 Å². The van der Waals surface area contributed by atoms with E-state index in [0.29, 0.717) is 5.90 Å². The lowest BCUT2D eigenvalue weighted by atomic mass is 10.8. The SMILES string of the molecule is CNC(=O)ON=C(C)OC. The summed E-state index contributed by atoms with van der Waals surface area (Å²) in [6.07, 6.45) is -0.614. The molecule has 0 atom stereocenters. The van der Waals surface area contributed by atoms with Gasteiger partial charge in [0.15, 0.2) is 0 Å². The fraction of sp³-hybridized carbons (Fsp3) is 0.600. The number of oxime groups is 1. The molecule has 0 aliphatic heterocycles. The molecule has 0 saturated heterocycles. The maximum absolute atomic E-state index is 10.3. The van der Waals surface area contributed by atoms with Crippen LogP contribution in [0.5, 0.6) is 0 Å². The minimum atomic E-state index is -0.614. The van der Waals surface area contributed by atoms with Gasteiger partial charge < -0.3 is 10.1 Å². The monoisotopic (exact) mass is 146 g/mol. The summed E-state index contributed by atoms with van der Waals surface area (Å²) in [5, 5.41) is 5.52. The third-order valence-electron chi connectivity index (χ3n) is 0.757. The van der Waals surface area contributed by atoms with Gasteiger partial charge in [0.2, 0.25) is 5.90 Å². The maximum atomic E-state index is 10.3. The number of amides is 1. The first kappa shape index (κ1) is 8.74. The smallest absolute Gasteiger partial charge is 0.433 e. The first-order valence-electron chi connectivity index (χ1n) is 2.68. The van der Waals surface area contributed by atoms with Crippen LogP contribution < -0.4 is 5.32 Å². The number of methoxy groups -OCH3 is 1. The van der Waals surface area contributed by atoms with E-state index in [4.69, 9.17) is 0 Å².